The Balaban J connectivity index is 1.88. The third-order valence-electron chi connectivity index (χ3n) is 8.84. The van der Waals surface area contributed by atoms with Gasteiger partial charge in [0.15, 0.2) is 5.69 Å². The second kappa shape index (κ2) is 12.3. The first kappa shape index (κ1) is 31.8. The van der Waals surface area contributed by atoms with E-state index in [1.165, 1.54) is 16.8 Å². The maximum Gasteiger partial charge on any atom is 0.514 e. The summed E-state index contributed by atoms with van der Waals surface area (Å²) >= 11 is 0. The van der Waals surface area contributed by atoms with Crippen molar-refractivity contribution in [2.75, 3.05) is 13.2 Å². The zero-order valence-corrected chi connectivity index (χ0v) is 25.1. The molecule has 1 saturated heterocycles. The van der Waals surface area contributed by atoms with Crippen LogP contribution >= 0.6 is 0 Å². The Labute approximate surface area is 248 Å². The van der Waals surface area contributed by atoms with Gasteiger partial charge < -0.3 is 29.7 Å². The lowest BCUT2D eigenvalue weighted by Crippen LogP contribution is -2.60. The second-order valence-corrected chi connectivity index (χ2v) is 12.0. The number of carbonyl (C=O) groups is 3. The van der Waals surface area contributed by atoms with Crippen molar-refractivity contribution < 1.29 is 32.6 Å². The first-order valence-electron chi connectivity index (χ1n) is 14.4. The van der Waals surface area contributed by atoms with E-state index in [9.17, 15) is 28.0 Å². The number of hydrogen-bond donors (Lipinski definition) is 2. The van der Waals surface area contributed by atoms with Crippen molar-refractivity contribution in [2.45, 2.75) is 84.8 Å². The van der Waals surface area contributed by atoms with Gasteiger partial charge in [-0.2, -0.15) is 0 Å². The summed E-state index contributed by atoms with van der Waals surface area (Å²) in [6.07, 6.45) is 3.04. The molecule has 1 fully saturated rings. The number of benzene rings is 1. The highest BCUT2D eigenvalue weighted by atomic mass is 19.1. The van der Waals surface area contributed by atoms with Crippen LogP contribution in [0.5, 0.6) is 5.75 Å². The van der Waals surface area contributed by atoms with Crippen molar-refractivity contribution in [3.05, 3.63) is 63.1 Å². The molecule has 12 heteroatoms. The molecule has 1 aromatic heterocycles. The van der Waals surface area contributed by atoms with E-state index in [1.807, 2.05) is 27.7 Å². The van der Waals surface area contributed by atoms with Crippen molar-refractivity contribution in [2.24, 2.45) is 5.41 Å². The van der Waals surface area contributed by atoms with Gasteiger partial charge >= 0.3 is 6.16 Å². The monoisotopic (exact) mass is 600 g/mol. The van der Waals surface area contributed by atoms with Gasteiger partial charge in [0, 0.05) is 42.7 Å². The number of amides is 2. The molecule has 2 aromatic rings. The van der Waals surface area contributed by atoms with Gasteiger partial charge in [-0.05, 0) is 57.9 Å². The molecule has 3 heterocycles. The number of aromatic nitrogens is 1. The van der Waals surface area contributed by atoms with Crippen LogP contribution in [0.1, 0.15) is 93.1 Å². The summed E-state index contributed by atoms with van der Waals surface area (Å²) in [6, 6.07) is 2.70. The summed E-state index contributed by atoms with van der Waals surface area (Å²) in [5.74, 6) is -3.72. The van der Waals surface area contributed by atoms with Crippen LogP contribution in [0.25, 0.3) is 0 Å². The van der Waals surface area contributed by atoms with Crippen molar-refractivity contribution in [3.8, 4) is 5.75 Å². The molecule has 0 unspecified atom stereocenters. The number of unbranched alkanes of at least 4 members (excludes halogenated alkanes) is 1. The van der Waals surface area contributed by atoms with Gasteiger partial charge in [-0.1, -0.05) is 26.3 Å². The lowest BCUT2D eigenvalue weighted by atomic mass is 9.65. The topological polar surface area (TPSA) is 131 Å². The van der Waals surface area contributed by atoms with E-state index in [-0.39, 0.29) is 37.0 Å². The second-order valence-electron chi connectivity index (χ2n) is 12.0. The molecule has 2 N–H and O–H groups in total. The normalized spacial score (nSPS) is 22.8. The van der Waals surface area contributed by atoms with Crippen LogP contribution in [0, 0.1) is 22.5 Å². The number of nitrogens with zero attached hydrogens (tertiary/aromatic N) is 2. The SMILES string of the molecule is CCCCOC(=O)Oc1c2n(cc(C(=O)NCc3ccc(F)cc3F)c1=O)[C@]1(C)CN(C2=O)[C@@H](C)CC[C@]1(C)CC(C)=N. The average molecular weight is 601 g/mol. The predicted octanol–water partition coefficient (Wildman–Crippen LogP) is 5.16. The largest absolute Gasteiger partial charge is 0.514 e. The van der Waals surface area contributed by atoms with Crippen molar-refractivity contribution >= 4 is 23.7 Å². The first-order chi connectivity index (χ1) is 20.2. The first-order valence-corrected chi connectivity index (χ1v) is 14.4. The Morgan fingerprint density at radius 2 is 1.93 bits per heavy atom. The Kier molecular flexibility index (Phi) is 9.08. The standard InChI is InChI=1S/C31H38F2N4O6/c1-6-7-12-42-29(41)43-26-24-28(40)36-17-31(5,30(4,14-18(2)34)11-10-19(36)3)37(24)16-22(25(26)38)27(39)35-15-20-8-9-21(32)13-23(20)33/h8-9,13,16,19,34H,6-7,10-12,14-15,17H2,1-5H3,(H,35,39)/t19-,30+,31+/m0/s1. The van der Waals surface area contributed by atoms with Gasteiger partial charge in [0.1, 0.15) is 17.2 Å². The third kappa shape index (κ3) is 6.05. The van der Waals surface area contributed by atoms with Crippen molar-refractivity contribution in [1.82, 2.24) is 14.8 Å². The van der Waals surface area contributed by atoms with Crippen LogP contribution in [0.3, 0.4) is 0 Å². The number of carbonyl (C=O) groups excluding carboxylic acids is 3. The molecule has 10 nitrogen and oxygen atoms in total. The van der Waals surface area contributed by atoms with Crippen LogP contribution in [0.4, 0.5) is 13.6 Å². The number of halogens is 2. The predicted molar refractivity (Wildman–Crippen MR) is 155 cm³/mol. The molecule has 1 aromatic carbocycles. The minimum absolute atomic E-state index is 0.00615. The van der Waals surface area contributed by atoms with E-state index in [4.69, 9.17) is 14.9 Å². The van der Waals surface area contributed by atoms with E-state index in [0.717, 1.165) is 12.5 Å². The maximum absolute atomic E-state index is 14.2. The molecule has 0 radical (unpaired) electrons. The Morgan fingerprint density at radius 3 is 2.58 bits per heavy atom. The molecule has 2 aliphatic heterocycles. The van der Waals surface area contributed by atoms with Gasteiger partial charge in [-0.15, -0.1) is 0 Å². The number of pyridine rings is 1. The highest BCUT2D eigenvalue weighted by Gasteiger charge is 2.55. The molecule has 2 aliphatic rings. The number of nitrogens with one attached hydrogen (secondary N) is 2. The van der Waals surface area contributed by atoms with Crippen molar-refractivity contribution in [3.63, 3.8) is 0 Å². The third-order valence-corrected chi connectivity index (χ3v) is 8.84. The fraction of sp³-hybridized carbons (Fsp3) is 0.516. The number of ether oxygens (including phenoxy) is 2. The van der Waals surface area contributed by atoms with Crippen LogP contribution < -0.4 is 15.5 Å². The van der Waals surface area contributed by atoms with E-state index >= 15 is 0 Å². The fourth-order valence-corrected chi connectivity index (χ4v) is 6.06. The van der Waals surface area contributed by atoms with Crippen LogP contribution in [-0.2, 0) is 16.8 Å². The summed E-state index contributed by atoms with van der Waals surface area (Å²) in [5.41, 5.74) is -2.74. The highest BCUT2D eigenvalue weighted by Crippen LogP contribution is 2.51. The van der Waals surface area contributed by atoms with Gasteiger partial charge in [0.25, 0.3) is 11.8 Å². The van der Waals surface area contributed by atoms with Gasteiger partial charge in [-0.25, -0.2) is 13.6 Å². The molecule has 3 atom stereocenters. The zero-order chi connectivity index (χ0) is 31.7. The molecule has 0 saturated carbocycles. The molecule has 43 heavy (non-hydrogen) atoms. The van der Waals surface area contributed by atoms with Crippen molar-refractivity contribution in [1.29, 1.82) is 5.41 Å². The molecule has 4 rings (SSSR count). The summed E-state index contributed by atoms with van der Waals surface area (Å²) < 4.78 is 39.7. The Morgan fingerprint density at radius 1 is 1.21 bits per heavy atom. The molecule has 2 bridgehead atoms. The van der Waals surface area contributed by atoms with Gasteiger partial charge in [0.2, 0.25) is 11.2 Å². The number of hydrogen-bond acceptors (Lipinski definition) is 7. The lowest BCUT2D eigenvalue weighted by molar-refractivity contribution is 0.0221. The molecule has 0 spiro atoms. The van der Waals surface area contributed by atoms with E-state index in [0.29, 0.717) is 37.5 Å². The van der Waals surface area contributed by atoms with Crippen LogP contribution in [0.15, 0.2) is 29.2 Å². The fourth-order valence-electron chi connectivity index (χ4n) is 6.06. The van der Waals surface area contributed by atoms with Gasteiger partial charge in [0.05, 0.1) is 12.1 Å². The molecular weight excluding hydrogens is 562 g/mol. The maximum atomic E-state index is 14.2. The Hall–Kier alpha value is -4.09. The van der Waals surface area contributed by atoms with E-state index in [2.05, 4.69) is 5.32 Å². The smallest absolute Gasteiger partial charge is 0.434 e. The molecule has 232 valence electrons. The van der Waals surface area contributed by atoms with Gasteiger partial charge in [-0.3, -0.25) is 14.4 Å². The molecular formula is C31H38F2N4O6. The van der Waals surface area contributed by atoms with E-state index < -0.39 is 57.3 Å². The minimum atomic E-state index is -1.19. The molecule has 0 aliphatic carbocycles. The van der Waals surface area contributed by atoms with Crippen LogP contribution in [0.2, 0.25) is 0 Å². The van der Waals surface area contributed by atoms with Crippen LogP contribution in [-0.4, -0.2) is 52.3 Å². The summed E-state index contributed by atoms with van der Waals surface area (Å²) in [7, 11) is 0. The average Bonchev–Trinajstić information content (AvgIpc) is 3.01. The van der Waals surface area contributed by atoms with E-state index in [1.54, 1.807) is 11.8 Å². The summed E-state index contributed by atoms with van der Waals surface area (Å²) in [5, 5.41) is 10.8. The molecule has 2 amide bonds. The lowest BCUT2D eigenvalue weighted by Gasteiger charge is -2.52. The summed E-state index contributed by atoms with van der Waals surface area (Å²) in [4.78, 5) is 55.6. The quantitative estimate of drug-likeness (QED) is 0.232. The number of rotatable bonds is 9. The Bertz CT molecular complexity index is 1520. The highest BCUT2D eigenvalue weighted by molar-refractivity contribution is 6.00. The minimum Gasteiger partial charge on any atom is -0.434 e. The number of fused-ring (bicyclic) bond motifs is 4. The zero-order valence-electron chi connectivity index (χ0n) is 25.1. The summed E-state index contributed by atoms with van der Waals surface area (Å²) in [6.45, 7) is 9.34.